The number of carbonyl (C=O) groups excluding carboxylic acids is 1. The van der Waals surface area contributed by atoms with Crippen molar-refractivity contribution >= 4 is 11.8 Å². The highest BCUT2D eigenvalue weighted by atomic mass is 16.4. The number of carboxylic acids is 1. The number of carbonyl (C=O) groups is 2. The van der Waals surface area contributed by atoms with E-state index in [2.05, 4.69) is 6.92 Å². The molecular formula is C20H35NO3. The van der Waals surface area contributed by atoms with Crippen LogP contribution in [0.15, 0.2) is 0 Å². The molecule has 2 aliphatic carbocycles. The van der Waals surface area contributed by atoms with Crippen LogP contribution in [0.2, 0.25) is 0 Å². The smallest absolute Gasteiger partial charge is 0.306 e. The Balaban J connectivity index is 1.73. The van der Waals surface area contributed by atoms with Gasteiger partial charge in [0.25, 0.3) is 0 Å². The molecule has 0 heterocycles. The second kappa shape index (κ2) is 9.55. The summed E-state index contributed by atoms with van der Waals surface area (Å²) in [6.45, 7) is 2.24. The quantitative estimate of drug-likeness (QED) is 0.652. The van der Waals surface area contributed by atoms with Crippen LogP contribution in [0.4, 0.5) is 0 Å². The van der Waals surface area contributed by atoms with Crippen LogP contribution in [0.25, 0.3) is 0 Å². The molecule has 1 atom stereocenters. The molecule has 2 saturated carbocycles. The normalized spacial score (nSPS) is 32.2. The molecule has 2 aliphatic rings. The first-order valence-corrected chi connectivity index (χ1v) is 10.0. The van der Waals surface area contributed by atoms with Gasteiger partial charge in [-0.2, -0.15) is 0 Å². The van der Waals surface area contributed by atoms with Crippen molar-refractivity contribution in [3.8, 4) is 0 Å². The number of aliphatic carboxylic acids is 1. The Kier molecular flexibility index (Phi) is 7.73. The Hall–Kier alpha value is -0.900. The van der Waals surface area contributed by atoms with Gasteiger partial charge in [-0.25, -0.2) is 0 Å². The van der Waals surface area contributed by atoms with E-state index in [1.807, 2.05) is 0 Å². The van der Waals surface area contributed by atoms with Crippen LogP contribution in [0.3, 0.4) is 0 Å². The van der Waals surface area contributed by atoms with Gasteiger partial charge in [0, 0.05) is 5.92 Å². The van der Waals surface area contributed by atoms with Gasteiger partial charge in [-0.05, 0) is 63.2 Å². The summed E-state index contributed by atoms with van der Waals surface area (Å²) in [5.41, 5.74) is 6.28. The number of rotatable bonds is 8. The molecule has 0 aromatic heterocycles. The summed E-state index contributed by atoms with van der Waals surface area (Å²) in [7, 11) is 0. The molecule has 3 N–H and O–H groups in total. The van der Waals surface area contributed by atoms with Gasteiger partial charge in [-0.1, -0.05) is 32.6 Å². The topological polar surface area (TPSA) is 80.4 Å². The lowest BCUT2D eigenvalue weighted by Gasteiger charge is -2.34. The number of nitrogens with two attached hydrogens (primary N) is 1. The second-order valence-corrected chi connectivity index (χ2v) is 8.09. The van der Waals surface area contributed by atoms with Gasteiger partial charge in [0.05, 0.1) is 12.0 Å². The Bertz CT molecular complexity index is 407. The van der Waals surface area contributed by atoms with Crippen molar-refractivity contribution in [1.29, 1.82) is 0 Å². The Labute approximate surface area is 146 Å². The minimum absolute atomic E-state index is 0.152. The van der Waals surface area contributed by atoms with Gasteiger partial charge in [0.1, 0.15) is 0 Å². The number of ketones is 1. The third-order valence-corrected chi connectivity index (χ3v) is 6.42. The largest absolute Gasteiger partial charge is 0.481 e. The summed E-state index contributed by atoms with van der Waals surface area (Å²) >= 11 is 0. The summed E-state index contributed by atoms with van der Waals surface area (Å²) in [5.74, 6) is 0.468. The fourth-order valence-electron chi connectivity index (χ4n) is 4.65. The first kappa shape index (κ1) is 19.4. The van der Waals surface area contributed by atoms with Crippen molar-refractivity contribution in [2.45, 2.75) is 90.0 Å². The molecular weight excluding hydrogens is 302 g/mol. The molecule has 0 aromatic rings. The van der Waals surface area contributed by atoms with E-state index in [0.29, 0.717) is 12.8 Å². The highest BCUT2D eigenvalue weighted by Crippen LogP contribution is 2.36. The second-order valence-electron chi connectivity index (χ2n) is 8.09. The summed E-state index contributed by atoms with van der Waals surface area (Å²) < 4.78 is 0. The molecule has 0 saturated heterocycles. The van der Waals surface area contributed by atoms with Gasteiger partial charge in [-0.3, -0.25) is 9.59 Å². The molecule has 0 radical (unpaired) electrons. The molecule has 0 aromatic carbocycles. The number of hydrogen-bond acceptors (Lipinski definition) is 3. The standard InChI is InChI=1S/C20H35NO3/c1-2-3-4-5-14-6-8-16(9-7-14)19(22)18(21)15-10-12-17(13-11-15)20(23)24/h14-18H,2-13,21H2,1H3,(H,23,24)/t14?,15-,16?,17-,18?. The molecule has 24 heavy (non-hydrogen) atoms. The molecule has 0 amide bonds. The highest BCUT2D eigenvalue weighted by Gasteiger charge is 2.35. The summed E-state index contributed by atoms with van der Waals surface area (Å²) in [4.78, 5) is 23.8. The van der Waals surface area contributed by atoms with Crippen LogP contribution in [0.1, 0.15) is 84.0 Å². The first-order chi connectivity index (χ1) is 11.5. The minimum Gasteiger partial charge on any atom is -0.481 e. The third kappa shape index (κ3) is 5.30. The molecule has 4 nitrogen and oxygen atoms in total. The fraction of sp³-hybridized carbons (Fsp3) is 0.900. The van der Waals surface area contributed by atoms with Gasteiger partial charge in [0.2, 0.25) is 0 Å². The van der Waals surface area contributed by atoms with Crippen molar-refractivity contribution < 1.29 is 14.7 Å². The van der Waals surface area contributed by atoms with Crippen LogP contribution in [-0.4, -0.2) is 22.9 Å². The number of carboxylic acid groups (broad SMARTS) is 1. The van der Waals surface area contributed by atoms with Gasteiger partial charge in [-0.15, -0.1) is 0 Å². The summed E-state index contributed by atoms with van der Waals surface area (Å²) in [6.07, 6.45) is 12.5. The van der Waals surface area contributed by atoms with E-state index >= 15 is 0 Å². The molecule has 4 heteroatoms. The summed E-state index contributed by atoms with van der Waals surface area (Å²) in [6, 6.07) is -0.374. The summed E-state index contributed by atoms with van der Waals surface area (Å²) in [5, 5.41) is 9.08. The lowest BCUT2D eigenvalue weighted by molar-refractivity contribution is -0.143. The van der Waals surface area contributed by atoms with E-state index in [4.69, 9.17) is 10.8 Å². The van der Waals surface area contributed by atoms with Crippen molar-refractivity contribution in [2.75, 3.05) is 0 Å². The zero-order valence-electron chi connectivity index (χ0n) is 15.2. The van der Waals surface area contributed by atoms with Crippen LogP contribution < -0.4 is 5.73 Å². The number of Topliss-reactive ketones (excluding diaryl/α,β-unsaturated/α-hetero) is 1. The number of unbranched alkanes of at least 4 members (excludes halogenated alkanes) is 2. The molecule has 0 bridgehead atoms. The Morgan fingerprint density at radius 3 is 2.08 bits per heavy atom. The Morgan fingerprint density at radius 1 is 0.958 bits per heavy atom. The lowest BCUT2D eigenvalue weighted by atomic mass is 9.72. The van der Waals surface area contributed by atoms with E-state index in [1.165, 1.54) is 38.5 Å². The predicted octanol–water partition coefficient (Wildman–Crippen LogP) is 4.16. The minimum atomic E-state index is -0.699. The van der Waals surface area contributed by atoms with Crippen LogP contribution >= 0.6 is 0 Å². The first-order valence-electron chi connectivity index (χ1n) is 10.0. The van der Waals surface area contributed by atoms with Crippen molar-refractivity contribution in [2.24, 2.45) is 29.4 Å². The van der Waals surface area contributed by atoms with E-state index < -0.39 is 5.97 Å². The van der Waals surface area contributed by atoms with Crippen molar-refractivity contribution in [1.82, 2.24) is 0 Å². The molecule has 138 valence electrons. The lowest BCUT2D eigenvalue weighted by Crippen LogP contribution is -2.44. The van der Waals surface area contributed by atoms with Crippen LogP contribution in [0, 0.1) is 23.7 Å². The van der Waals surface area contributed by atoms with Gasteiger partial charge < -0.3 is 10.8 Å². The Morgan fingerprint density at radius 2 is 1.54 bits per heavy atom. The molecule has 2 fully saturated rings. The fourth-order valence-corrected chi connectivity index (χ4v) is 4.65. The molecule has 2 rings (SSSR count). The number of hydrogen-bond donors (Lipinski definition) is 2. The SMILES string of the molecule is CCCCCC1CCC(C(=O)C(N)[C@H]2CC[C@H](C(=O)O)CC2)CC1. The van der Waals surface area contributed by atoms with E-state index in [1.54, 1.807) is 0 Å². The maximum absolute atomic E-state index is 12.7. The van der Waals surface area contributed by atoms with E-state index in [9.17, 15) is 9.59 Å². The predicted molar refractivity (Wildman–Crippen MR) is 95.7 cm³/mol. The molecule has 0 aliphatic heterocycles. The highest BCUT2D eigenvalue weighted by molar-refractivity contribution is 5.86. The zero-order valence-corrected chi connectivity index (χ0v) is 15.2. The monoisotopic (exact) mass is 337 g/mol. The van der Waals surface area contributed by atoms with Gasteiger partial charge >= 0.3 is 5.97 Å². The maximum atomic E-state index is 12.7. The third-order valence-electron chi connectivity index (χ3n) is 6.42. The van der Waals surface area contributed by atoms with Crippen molar-refractivity contribution in [3.05, 3.63) is 0 Å². The molecule has 1 unspecified atom stereocenters. The van der Waals surface area contributed by atoms with Gasteiger partial charge in [0.15, 0.2) is 5.78 Å². The zero-order chi connectivity index (χ0) is 17.5. The average Bonchev–Trinajstić information content (AvgIpc) is 2.61. The van der Waals surface area contributed by atoms with Crippen molar-refractivity contribution in [3.63, 3.8) is 0 Å². The van der Waals surface area contributed by atoms with E-state index in [0.717, 1.165) is 31.6 Å². The average molecular weight is 338 g/mol. The van der Waals surface area contributed by atoms with Crippen LogP contribution in [-0.2, 0) is 9.59 Å². The molecule has 0 spiro atoms. The van der Waals surface area contributed by atoms with Crippen LogP contribution in [0.5, 0.6) is 0 Å². The van der Waals surface area contributed by atoms with E-state index in [-0.39, 0.29) is 29.6 Å². The maximum Gasteiger partial charge on any atom is 0.306 e.